The first kappa shape index (κ1) is 12.6. The summed E-state index contributed by atoms with van der Waals surface area (Å²) < 4.78 is 13.5. The Bertz CT molecular complexity index is 328. The van der Waals surface area contributed by atoms with E-state index in [0.717, 1.165) is 5.56 Å². The van der Waals surface area contributed by atoms with Crippen molar-refractivity contribution < 1.29 is 4.39 Å². The predicted molar refractivity (Wildman–Crippen MR) is 64.2 cm³/mol. The Kier molecular flexibility index (Phi) is 4.70. The molecule has 1 unspecified atom stereocenters. The summed E-state index contributed by atoms with van der Waals surface area (Å²) in [7, 11) is 0. The molecule has 0 spiro atoms. The Morgan fingerprint density at radius 3 is 2.60 bits per heavy atom. The monoisotopic (exact) mass is 274 g/mol. The zero-order valence-corrected chi connectivity index (χ0v) is 10.5. The second kappa shape index (κ2) is 5.58. The van der Waals surface area contributed by atoms with E-state index in [-0.39, 0.29) is 11.9 Å². The first-order valence-electron chi connectivity index (χ1n) is 4.95. The molecule has 0 aliphatic carbocycles. The van der Waals surface area contributed by atoms with E-state index in [1.807, 2.05) is 0 Å². The quantitative estimate of drug-likeness (QED) is 0.886. The zero-order chi connectivity index (χ0) is 11.4. The lowest BCUT2D eigenvalue weighted by Crippen LogP contribution is -2.33. The molecule has 0 bridgehead atoms. The Labute approximate surface area is 98.2 Å². The number of halogens is 2. The Hall–Kier alpha value is -0.450. The van der Waals surface area contributed by atoms with E-state index in [0.29, 0.717) is 17.1 Å². The average molecular weight is 275 g/mol. The van der Waals surface area contributed by atoms with Crippen LogP contribution in [0.25, 0.3) is 0 Å². The van der Waals surface area contributed by atoms with Crippen LogP contribution in [0.1, 0.15) is 25.5 Å². The largest absolute Gasteiger partial charge is 0.329 e. The van der Waals surface area contributed by atoms with E-state index in [2.05, 4.69) is 35.1 Å². The van der Waals surface area contributed by atoms with Gasteiger partial charge in [0.25, 0.3) is 0 Å². The number of benzene rings is 1. The summed E-state index contributed by atoms with van der Waals surface area (Å²) in [6, 6.07) is 5.39. The first-order chi connectivity index (χ1) is 7.04. The molecule has 3 N–H and O–H groups in total. The Morgan fingerprint density at radius 1 is 1.47 bits per heavy atom. The molecule has 2 nitrogen and oxygen atoms in total. The Morgan fingerprint density at radius 2 is 2.13 bits per heavy atom. The van der Waals surface area contributed by atoms with Gasteiger partial charge in [-0.15, -0.1) is 0 Å². The molecule has 0 aromatic heterocycles. The van der Waals surface area contributed by atoms with Gasteiger partial charge in [0.2, 0.25) is 0 Å². The third kappa shape index (κ3) is 3.55. The van der Waals surface area contributed by atoms with Crippen LogP contribution in [-0.4, -0.2) is 12.6 Å². The molecule has 0 fully saturated rings. The van der Waals surface area contributed by atoms with Crippen molar-refractivity contribution >= 4 is 15.9 Å². The predicted octanol–water partition coefficient (Wildman–Crippen LogP) is 2.59. The molecule has 0 saturated carbocycles. The van der Waals surface area contributed by atoms with Crippen molar-refractivity contribution in [3.05, 3.63) is 34.1 Å². The summed E-state index contributed by atoms with van der Waals surface area (Å²) in [5.41, 5.74) is 6.67. The van der Waals surface area contributed by atoms with Gasteiger partial charge in [0.05, 0.1) is 4.47 Å². The summed E-state index contributed by atoms with van der Waals surface area (Å²) in [5.74, 6) is -0.251. The minimum atomic E-state index is -0.251. The molecule has 0 radical (unpaired) electrons. The topological polar surface area (TPSA) is 38.0 Å². The van der Waals surface area contributed by atoms with Gasteiger partial charge in [-0.3, -0.25) is 0 Å². The lowest BCUT2D eigenvalue weighted by Gasteiger charge is -2.20. The molecule has 0 aliphatic rings. The highest BCUT2D eigenvalue weighted by Gasteiger charge is 2.11. The zero-order valence-electron chi connectivity index (χ0n) is 8.93. The van der Waals surface area contributed by atoms with Crippen molar-refractivity contribution in [3.8, 4) is 0 Å². The van der Waals surface area contributed by atoms with E-state index in [1.54, 1.807) is 12.1 Å². The SMILES string of the molecule is CC(C)NC(CN)c1ccc(F)c(Br)c1. The van der Waals surface area contributed by atoms with Crippen LogP contribution in [0.15, 0.2) is 22.7 Å². The van der Waals surface area contributed by atoms with Gasteiger partial charge in [-0.1, -0.05) is 19.9 Å². The fraction of sp³-hybridized carbons (Fsp3) is 0.455. The van der Waals surface area contributed by atoms with Crippen LogP contribution < -0.4 is 11.1 Å². The van der Waals surface area contributed by atoms with E-state index < -0.39 is 0 Å². The van der Waals surface area contributed by atoms with Gasteiger partial charge in [-0.25, -0.2) is 4.39 Å². The number of nitrogens with two attached hydrogens (primary N) is 1. The van der Waals surface area contributed by atoms with Crippen molar-refractivity contribution in [2.75, 3.05) is 6.54 Å². The van der Waals surface area contributed by atoms with Crippen LogP contribution in [0.2, 0.25) is 0 Å². The maximum absolute atomic E-state index is 13.0. The van der Waals surface area contributed by atoms with Gasteiger partial charge >= 0.3 is 0 Å². The minimum absolute atomic E-state index is 0.0712. The fourth-order valence-corrected chi connectivity index (χ4v) is 1.83. The molecule has 15 heavy (non-hydrogen) atoms. The number of hydrogen-bond donors (Lipinski definition) is 2. The standard InChI is InChI=1S/C11H16BrFN2/c1-7(2)15-11(6-14)8-3-4-10(13)9(12)5-8/h3-5,7,11,15H,6,14H2,1-2H3. The van der Waals surface area contributed by atoms with Gasteiger partial charge in [0.1, 0.15) is 5.82 Å². The molecule has 0 amide bonds. The van der Waals surface area contributed by atoms with Crippen LogP contribution in [0.4, 0.5) is 4.39 Å². The van der Waals surface area contributed by atoms with Crippen LogP contribution in [0.5, 0.6) is 0 Å². The van der Waals surface area contributed by atoms with Crippen LogP contribution in [-0.2, 0) is 0 Å². The number of nitrogens with one attached hydrogen (secondary N) is 1. The molecule has 1 aromatic rings. The van der Waals surface area contributed by atoms with Gasteiger partial charge in [0.15, 0.2) is 0 Å². The Balaban J connectivity index is 2.87. The summed E-state index contributed by atoms with van der Waals surface area (Å²) in [5, 5.41) is 3.32. The summed E-state index contributed by atoms with van der Waals surface area (Å²) in [4.78, 5) is 0. The van der Waals surface area contributed by atoms with Crippen molar-refractivity contribution in [2.24, 2.45) is 5.73 Å². The molecule has 1 atom stereocenters. The van der Waals surface area contributed by atoms with Crippen LogP contribution >= 0.6 is 15.9 Å². The van der Waals surface area contributed by atoms with Gasteiger partial charge in [0, 0.05) is 18.6 Å². The van der Waals surface area contributed by atoms with E-state index in [1.165, 1.54) is 6.07 Å². The summed E-state index contributed by atoms with van der Waals surface area (Å²) >= 11 is 3.17. The molecule has 4 heteroatoms. The third-order valence-electron chi connectivity index (χ3n) is 2.12. The van der Waals surface area contributed by atoms with Crippen LogP contribution in [0, 0.1) is 5.82 Å². The van der Waals surface area contributed by atoms with Crippen molar-refractivity contribution in [1.82, 2.24) is 5.32 Å². The van der Waals surface area contributed by atoms with E-state index >= 15 is 0 Å². The molecule has 84 valence electrons. The molecule has 1 aromatic carbocycles. The van der Waals surface area contributed by atoms with E-state index in [9.17, 15) is 4.39 Å². The van der Waals surface area contributed by atoms with Crippen LogP contribution in [0.3, 0.4) is 0 Å². The van der Waals surface area contributed by atoms with E-state index in [4.69, 9.17) is 5.73 Å². The smallest absolute Gasteiger partial charge is 0.137 e. The number of rotatable bonds is 4. The second-order valence-electron chi connectivity index (χ2n) is 3.78. The maximum Gasteiger partial charge on any atom is 0.137 e. The summed E-state index contributed by atoms with van der Waals surface area (Å²) in [6.07, 6.45) is 0. The average Bonchev–Trinajstić information content (AvgIpc) is 2.18. The highest BCUT2D eigenvalue weighted by molar-refractivity contribution is 9.10. The molecular weight excluding hydrogens is 259 g/mol. The fourth-order valence-electron chi connectivity index (χ4n) is 1.43. The lowest BCUT2D eigenvalue weighted by atomic mass is 10.1. The van der Waals surface area contributed by atoms with Crippen molar-refractivity contribution in [1.29, 1.82) is 0 Å². The van der Waals surface area contributed by atoms with Crippen molar-refractivity contribution in [3.63, 3.8) is 0 Å². The maximum atomic E-state index is 13.0. The highest BCUT2D eigenvalue weighted by Crippen LogP contribution is 2.21. The first-order valence-corrected chi connectivity index (χ1v) is 5.75. The van der Waals surface area contributed by atoms with Crippen molar-refractivity contribution in [2.45, 2.75) is 25.9 Å². The number of hydrogen-bond acceptors (Lipinski definition) is 2. The lowest BCUT2D eigenvalue weighted by molar-refractivity contribution is 0.482. The van der Waals surface area contributed by atoms with Gasteiger partial charge in [-0.2, -0.15) is 0 Å². The molecular formula is C11H16BrFN2. The molecule has 0 heterocycles. The summed E-state index contributed by atoms with van der Waals surface area (Å²) in [6.45, 7) is 4.61. The van der Waals surface area contributed by atoms with Gasteiger partial charge in [-0.05, 0) is 33.6 Å². The molecule has 0 aliphatic heterocycles. The third-order valence-corrected chi connectivity index (χ3v) is 2.72. The second-order valence-corrected chi connectivity index (χ2v) is 4.64. The highest BCUT2D eigenvalue weighted by atomic mass is 79.9. The molecule has 0 saturated heterocycles. The molecule has 1 rings (SSSR count). The normalized spacial score (nSPS) is 13.2. The van der Waals surface area contributed by atoms with Gasteiger partial charge < -0.3 is 11.1 Å². The minimum Gasteiger partial charge on any atom is -0.329 e.